The molecule has 0 saturated carbocycles. The highest BCUT2D eigenvalue weighted by atomic mass is 32.2. The van der Waals surface area contributed by atoms with Gasteiger partial charge in [-0.25, -0.2) is 0 Å². The van der Waals surface area contributed by atoms with E-state index < -0.39 is 0 Å². The molecule has 0 aromatic heterocycles. The number of piperidine rings is 1. The number of methoxy groups -OCH3 is 1. The van der Waals surface area contributed by atoms with Gasteiger partial charge in [-0.1, -0.05) is 13.8 Å². The van der Waals surface area contributed by atoms with Gasteiger partial charge in [0.1, 0.15) is 0 Å². The molecule has 2 saturated heterocycles. The molecule has 2 fully saturated rings. The molecule has 0 spiro atoms. The molecule has 19 heavy (non-hydrogen) atoms. The summed E-state index contributed by atoms with van der Waals surface area (Å²) >= 11 is 2.13. The lowest BCUT2D eigenvalue weighted by molar-refractivity contribution is 0.0236. The van der Waals surface area contributed by atoms with Crippen molar-refractivity contribution in [2.24, 2.45) is 5.41 Å². The first-order valence-electron chi connectivity index (χ1n) is 7.61. The first-order valence-corrected chi connectivity index (χ1v) is 8.60. The van der Waals surface area contributed by atoms with E-state index in [9.17, 15) is 0 Å². The fourth-order valence-electron chi connectivity index (χ4n) is 3.31. The second kappa shape index (κ2) is 6.79. The van der Waals surface area contributed by atoms with Gasteiger partial charge in [0.2, 0.25) is 0 Å². The van der Waals surface area contributed by atoms with Crippen LogP contribution in [0.2, 0.25) is 0 Å². The summed E-state index contributed by atoms with van der Waals surface area (Å²) in [5, 5.41) is 3.48. The Labute approximate surface area is 122 Å². The van der Waals surface area contributed by atoms with Gasteiger partial charge in [0.25, 0.3) is 0 Å². The molecule has 1 N–H and O–H groups in total. The normalized spacial score (nSPS) is 27.9. The van der Waals surface area contributed by atoms with Crippen LogP contribution >= 0.6 is 11.8 Å². The Hall–Kier alpha value is 0.230. The summed E-state index contributed by atoms with van der Waals surface area (Å²) < 4.78 is 5.99. The highest BCUT2D eigenvalue weighted by molar-refractivity contribution is 8.00. The number of thioether (sulfide) groups is 1. The minimum absolute atomic E-state index is 0.388. The van der Waals surface area contributed by atoms with Crippen molar-refractivity contribution < 1.29 is 4.74 Å². The molecule has 0 bridgehead atoms. The van der Waals surface area contributed by atoms with Gasteiger partial charge in [-0.15, -0.1) is 0 Å². The molecule has 0 radical (unpaired) electrons. The van der Waals surface area contributed by atoms with Gasteiger partial charge >= 0.3 is 0 Å². The molecule has 0 aromatic carbocycles. The quantitative estimate of drug-likeness (QED) is 0.856. The molecule has 0 unspecified atom stereocenters. The molecule has 4 heteroatoms. The van der Waals surface area contributed by atoms with Gasteiger partial charge < -0.3 is 15.0 Å². The molecule has 2 aliphatic heterocycles. The maximum Gasteiger partial charge on any atom is 0.0531 e. The minimum Gasteiger partial charge on any atom is -0.384 e. The summed E-state index contributed by atoms with van der Waals surface area (Å²) in [5.74, 6) is 1.27. The molecule has 3 nitrogen and oxygen atoms in total. The predicted molar refractivity (Wildman–Crippen MR) is 84.0 cm³/mol. The van der Waals surface area contributed by atoms with E-state index in [2.05, 4.69) is 35.8 Å². The second-order valence-corrected chi connectivity index (χ2v) is 8.62. The highest BCUT2D eigenvalue weighted by Crippen LogP contribution is 2.34. The summed E-state index contributed by atoms with van der Waals surface area (Å²) in [5.41, 5.74) is 0.388. The topological polar surface area (TPSA) is 24.5 Å². The zero-order valence-corrected chi connectivity index (χ0v) is 13.7. The molecule has 2 aliphatic rings. The van der Waals surface area contributed by atoms with Gasteiger partial charge in [0, 0.05) is 36.1 Å². The predicted octanol–water partition coefficient (Wildman–Crippen LogP) is 2.22. The fraction of sp³-hybridized carbons (Fsp3) is 1.00. The van der Waals surface area contributed by atoms with E-state index in [4.69, 9.17) is 4.74 Å². The standard InChI is InChI=1S/C15H30N2OS/c1-14(2)6-9-17(10-11-19-14)12-15(13-18-3)4-7-16-8-5-15/h16H,4-13H2,1-3H3. The highest BCUT2D eigenvalue weighted by Gasteiger charge is 2.35. The van der Waals surface area contributed by atoms with Crippen LogP contribution in [0.15, 0.2) is 0 Å². The monoisotopic (exact) mass is 286 g/mol. The van der Waals surface area contributed by atoms with Crippen LogP contribution in [0.1, 0.15) is 33.1 Å². The van der Waals surface area contributed by atoms with Crippen LogP contribution in [0.4, 0.5) is 0 Å². The van der Waals surface area contributed by atoms with Crippen molar-refractivity contribution in [1.29, 1.82) is 0 Å². The van der Waals surface area contributed by atoms with Crippen molar-refractivity contribution in [3.63, 3.8) is 0 Å². The second-order valence-electron chi connectivity index (χ2n) is 6.82. The van der Waals surface area contributed by atoms with Crippen LogP contribution < -0.4 is 5.32 Å². The number of nitrogens with one attached hydrogen (secondary N) is 1. The van der Waals surface area contributed by atoms with Crippen LogP contribution in [0, 0.1) is 5.41 Å². The van der Waals surface area contributed by atoms with Crippen LogP contribution in [-0.4, -0.2) is 61.8 Å². The van der Waals surface area contributed by atoms with Gasteiger partial charge in [-0.2, -0.15) is 11.8 Å². The molecule has 0 amide bonds. The Bertz CT molecular complexity index is 272. The maximum absolute atomic E-state index is 5.54. The first kappa shape index (κ1) is 15.6. The number of nitrogens with zero attached hydrogens (tertiary/aromatic N) is 1. The zero-order valence-electron chi connectivity index (χ0n) is 12.8. The Kier molecular flexibility index (Phi) is 5.58. The van der Waals surface area contributed by atoms with Gasteiger partial charge in [-0.3, -0.25) is 0 Å². The van der Waals surface area contributed by atoms with Crippen molar-refractivity contribution >= 4 is 11.8 Å². The van der Waals surface area contributed by atoms with Crippen LogP contribution in [-0.2, 0) is 4.74 Å². The van der Waals surface area contributed by atoms with Crippen molar-refractivity contribution in [3.05, 3.63) is 0 Å². The average Bonchev–Trinajstić information content (AvgIpc) is 2.52. The van der Waals surface area contributed by atoms with E-state index in [0.717, 1.165) is 19.7 Å². The van der Waals surface area contributed by atoms with E-state index in [-0.39, 0.29) is 0 Å². The largest absolute Gasteiger partial charge is 0.384 e. The summed E-state index contributed by atoms with van der Waals surface area (Å²) in [7, 11) is 1.85. The molecular weight excluding hydrogens is 256 g/mol. The maximum atomic E-state index is 5.54. The molecule has 0 aromatic rings. The van der Waals surface area contributed by atoms with E-state index >= 15 is 0 Å². The van der Waals surface area contributed by atoms with Gasteiger partial charge in [0.05, 0.1) is 6.61 Å². The Morgan fingerprint density at radius 3 is 2.58 bits per heavy atom. The van der Waals surface area contributed by atoms with E-state index in [0.29, 0.717) is 10.2 Å². The van der Waals surface area contributed by atoms with Gasteiger partial charge in [-0.05, 0) is 38.9 Å². The van der Waals surface area contributed by atoms with E-state index in [1.54, 1.807) is 0 Å². The third kappa shape index (κ3) is 4.62. The minimum atomic E-state index is 0.388. The first-order chi connectivity index (χ1) is 9.05. The SMILES string of the molecule is COCC1(CN2CCSC(C)(C)CC2)CCNCC1. The number of ether oxygens (including phenoxy) is 1. The van der Waals surface area contributed by atoms with Crippen LogP contribution in [0.3, 0.4) is 0 Å². The molecule has 2 heterocycles. The zero-order chi connectivity index (χ0) is 13.8. The number of rotatable bonds is 4. The lowest BCUT2D eigenvalue weighted by Gasteiger charge is -2.40. The van der Waals surface area contributed by atoms with Crippen molar-refractivity contribution in [2.75, 3.05) is 52.2 Å². The molecule has 0 atom stereocenters. The third-order valence-electron chi connectivity index (χ3n) is 4.60. The lowest BCUT2D eigenvalue weighted by Crippen LogP contribution is -2.47. The Morgan fingerprint density at radius 1 is 1.16 bits per heavy atom. The van der Waals surface area contributed by atoms with Crippen molar-refractivity contribution in [1.82, 2.24) is 10.2 Å². The van der Waals surface area contributed by atoms with E-state index in [1.165, 1.54) is 44.6 Å². The van der Waals surface area contributed by atoms with Gasteiger partial charge in [0.15, 0.2) is 0 Å². The van der Waals surface area contributed by atoms with Crippen LogP contribution in [0.25, 0.3) is 0 Å². The Morgan fingerprint density at radius 2 is 1.89 bits per heavy atom. The van der Waals surface area contributed by atoms with Crippen LogP contribution in [0.5, 0.6) is 0 Å². The molecule has 2 rings (SSSR count). The number of hydrogen-bond acceptors (Lipinski definition) is 4. The summed E-state index contributed by atoms with van der Waals surface area (Å²) in [6, 6.07) is 0. The Balaban J connectivity index is 1.93. The summed E-state index contributed by atoms with van der Waals surface area (Å²) in [4.78, 5) is 2.69. The van der Waals surface area contributed by atoms with Crippen molar-refractivity contribution in [2.45, 2.75) is 37.9 Å². The number of hydrogen-bond donors (Lipinski definition) is 1. The average molecular weight is 286 g/mol. The fourth-order valence-corrected chi connectivity index (χ4v) is 4.44. The molecule has 112 valence electrons. The third-order valence-corrected chi connectivity index (χ3v) is 5.98. The summed E-state index contributed by atoms with van der Waals surface area (Å²) in [6.07, 6.45) is 3.82. The summed E-state index contributed by atoms with van der Waals surface area (Å²) in [6.45, 7) is 11.7. The lowest BCUT2D eigenvalue weighted by atomic mass is 9.79. The smallest absolute Gasteiger partial charge is 0.0531 e. The van der Waals surface area contributed by atoms with Crippen molar-refractivity contribution in [3.8, 4) is 0 Å². The van der Waals surface area contributed by atoms with E-state index in [1.807, 2.05) is 7.11 Å². The molecular formula is C15H30N2OS. The molecule has 0 aliphatic carbocycles.